The van der Waals surface area contributed by atoms with E-state index in [1.165, 1.54) is 25.7 Å². The van der Waals surface area contributed by atoms with Crippen molar-refractivity contribution in [3.63, 3.8) is 0 Å². The van der Waals surface area contributed by atoms with E-state index >= 15 is 0 Å². The summed E-state index contributed by atoms with van der Waals surface area (Å²) >= 11 is 0. The van der Waals surface area contributed by atoms with Gasteiger partial charge in [0.15, 0.2) is 0 Å². The molecule has 0 radical (unpaired) electrons. The van der Waals surface area contributed by atoms with Gasteiger partial charge in [0.05, 0.1) is 0 Å². The molecule has 0 heterocycles. The molecule has 2 heteroatoms. The fourth-order valence-corrected chi connectivity index (χ4v) is 2.89. The van der Waals surface area contributed by atoms with Gasteiger partial charge in [-0.25, -0.2) is 0 Å². The smallest absolute Gasteiger partial charge is 0.0164 e. The Morgan fingerprint density at radius 3 is 2.41 bits per heavy atom. The molecule has 3 atom stereocenters. The summed E-state index contributed by atoms with van der Waals surface area (Å²) in [4.78, 5) is 2.39. The second kappa shape index (κ2) is 7.67. The first-order valence-corrected chi connectivity index (χ1v) is 6.90. The highest BCUT2D eigenvalue weighted by atomic mass is 15.1. The van der Waals surface area contributed by atoms with Crippen molar-refractivity contribution in [2.24, 2.45) is 17.6 Å². The normalized spacial score (nSPS) is 29.2. The quantitative estimate of drug-likeness (QED) is 0.689. The molecular weight excluding hydrogens is 208 g/mol. The molecule has 1 aliphatic carbocycles. The van der Waals surface area contributed by atoms with Crippen molar-refractivity contribution in [3.8, 4) is 0 Å². The molecule has 2 N–H and O–H groups in total. The maximum atomic E-state index is 6.26. The Morgan fingerprint density at radius 2 is 1.88 bits per heavy atom. The van der Waals surface area contributed by atoms with E-state index in [0.29, 0.717) is 12.0 Å². The zero-order valence-corrected chi connectivity index (χ0v) is 11.3. The lowest BCUT2D eigenvalue weighted by Gasteiger charge is -2.36. The third-order valence-corrected chi connectivity index (χ3v) is 3.99. The van der Waals surface area contributed by atoms with E-state index in [-0.39, 0.29) is 0 Å². The van der Waals surface area contributed by atoms with Gasteiger partial charge in [0.1, 0.15) is 0 Å². The largest absolute Gasteiger partial charge is 0.327 e. The van der Waals surface area contributed by atoms with Gasteiger partial charge in [-0.15, -0.1) is 13.2 Å². The minimum absolute atomic E-state index is 0.384. The lowest BCUT2D eigenvalue weighted by Crippen LogP contribution is -2.43. The second-order valence-corrected chi connectivity index (χ2v) is 5.31. The Balaban J connectivity index is 2.49. The van der Waals surface area contributed by atoms with E-state index in [0.717, 1.165) is 25.6 Å². The van der Waals surface area contributed by atoms with Crippen molar-refractivity contribution in [2.75, 3.05) is 19.6 Å². The van der Waals surface area contributed by atoms with Gasteiger partial charge < -0.3 is 5.73 Å². The summed E-state index contributed by atoms with van der Waals surface area (Å²) in [5.41, 5.74) is 6.26. The average Bonchev–Trinajstić information content (AvgIpc) is 2.32. The molecule has 0 saturated heterocycles. The Morgan fingerprint density at radius 1 is 1.24 bits per heavy atom. The van der Waals surface area contributed by atoms with Crippen LogP contribution in [0.2, 0.25) is 0 Å². The van der Waals surface area contributed by atoms with Crippen molar-refractivity contribution in [1.29, 1.82) is 0 Å². The number of hydrogen-bond donors (Lipinski definition) is 1. The Hall–Kier alpha value is -0.600. The predicted octanol–water partition coefficient (Wildman–Crippen LogP) is 2.81. The molecule has 0 aromatic rings. The number of nitrogens with two attached hydrogens (primary N) is 1. The summed E-state index contributed by atoms with van der Waals surface area (Å²) in [7, 11) is 0. The Kier molecular flexibility index (Phi) is 6.53. The van der Waals surface area contributed by atoms with Crippen LogP contribution in [0.25, 0.3) is 0 Å². The van der Waals surface area contributed by atoms with Crippen LogP contribution in [0.5, 0.6) is 0 Å². The first-order chi connectivity index (χ1) is 8.21. The van der Waals surface area contributed by atoms with Crippen LogP contribution in [0.3, 0.4) is 0 Å². The average molecular weight is 236 g/mol. The first-order valence-electron chi connectivity index (χ1n) is 6.90. The van der Waals surface area contributed by atoms with E-state index in [1.54, 1.807) is 0 Å². The van der Waals surface area contributed by atoms with Gasteiger partial charge in [0.25, 0.3) is 0 Å². The molecule has 0 aromatic heterocycles. The SMILES string of the molecule is C=CCN(CC=C)CC1CC(CC)CCC1N. The number of rotatable bonds is 7. The molecule has 0 spiro atoms. The molecule has 17 heavy (non-hydrogen) atoms. The van der Waals surface area contributed by atoms with E-state index in [4.69, 9.17) is 5.73 Å². The molecule has 0 amide bonds. The summed E-state index contributed by atoms with van der Waals surface area (Å²) in [6, 6.07) is 0.384. The fraction of sp³-hybridized carbons (Fsp3) is 0.733. The van der Waals surface area contributed by atoms with E-state index in [1.807, 2.05) is 12.2 Å². The molecule has 3 unspecified atom stereocenters. The minimum Gasteiger partial charge on any atom is -0.327 e. The minimum atomic E-state index is 0.384. The summed E-state index contributed by atoms with van der Waals surface area (Å²) in [5.74, 6) is 1.53. The van der Waals surface area contributed by atoms with Crippen molar-refractivity contribution < 1.29 is 0 Å². The van der Waals surface area contributed by atoms with Crippen LogP contribution in [0.15, 0.2) is 25.3 Å². The molecule has 1 aliphatic rings. The molecule has 1 rings (SSSR count). The molecule has 0 aliphatic heterocycles. The van der Waals surface area contributed by atoms with Crippen LogP contribution in [0.1, 0.15) is 32.6 Å². The predicted molar refractivity (Wildman–Crippen MR) is 75.9 cm³/mol. The zero-order valence-electron chi connectivity index (χ0n) is 11.3. The van der Waals surface area contributed by atoms with Gasteiger partial charge in [0, 0.05) is 25.7 Å². The van der Waals surface area contributed by atoms with E-state index in [2.05, 4.69) is 25.0 Å². The molecule has 0 bridgehead atoms. The van der Waals surface area contributed by atoms with Crippen molar-refractivity contribution in [3.05, 3.63) is 25.3 Å². The lowest BCUT2D eigenvalue weighted by atomic mass is 9.77. The van der Waals surface area contributed by atoms with Crippen LogP contribution < -0.4 is 5.73 Å². The van der Waals surface area contributed by atoms with Gasteiger partial charge in [-0.3, -0.25) is 4.90 Å². The highest BCUT2D eigenvalue weighted by Crippen LogP contribution is 2.30. The molecule has 1 saturated carbocycles. The third-order valence-electron chi connectivity index (χ3n) is 3.99. The van der Waals surface area contributed by atoms with Gasteiger partial charge in [-0.05, 0) is 31.1 Å². The van der Waals surface area contributed by atoms with Crippen LogP contribution >= 0.6 is 0 Å². The van der Waals surface area contributed by atoms with Gasteiger partial charge in [-0.2, -0.15) is 0 Å². The number of nitrogens with zero attached hydrogens (tertiary/aromatic N) is 1. The third kappa shape index (κ3) is 4.64. The highest BCUT2D eigenvalue weighted by Gasteiger charge is 2.28. The van der Waals surface area contributed by atoms with E-state index in [9.17, 15) is 0 Å². The summed E-state index contributed by atoms with van der Waals surface area (Å²) in [6.45, 7) is 12.9. The van der Waals surface area contributed by atoms with E-state index < -0.39 is 0 Å². The summed E-state index contributed by atoms with van der Waals surface area (Å²) < 4.78 is 0. The molecular formula is C15H28N2. The van der Waals surface area contributed by atoms with Crippen LogP contribution in [-0.2, 0) is 0 Å². The highest BCUT2D eigenvalue weighted by molar-refractivity contribution is 4.87. The van der Waals surface area contributed by atoms with Crippen molar-refractivity contribution in [1.82, 2.24) is 4.90 Å². The van der Waals surface area contributed by atoms with Gasteiger partial charge in [0.2, 0.25) is 0 Å². The summed E-state index contributed by atoms with van der Waals surface area (Å²) in [6.07, 6.45) is 9.04. The fourth-order valence-electron chi connectivity index (χ4n) is 2.89. The van der Waals surface area contributed by atoms with Crippen molar-refractivity contribution >= 4 is 0 Å². The second-order valence-electron chi connectivity index (χ2n) is 5.31. The topological polar surface area (TPSA) is 29.3 Å². The van der Waals surface area contributed by atoms with Gasteiger partial charge >= 0.3 is 0 Å². The Labute approximate surface area is 107 Å². The first kappa shape index (κ1) is 14.5. The van der Waals surface area contributed by atoms with Crippen LogP contribution in [-0.4, -0.2) is 30.6 Å². The molecule has 1 fully saturated rings. The maximum absolute atomic E-state index is 6.26. The molecule has 2 nitrogen and oxygen atoms in total. The zero-order chi connectivity index (χ0) is 12.7. The van der Waals surface area contributed by atoms with Crippen molar-refractivity contribution in [2.45, 2.75) is 38.6 Å². The van der Waals surface area contributed by atoms with Crippen LogP contribution in [0, 0.1) is 11.8 Å². The summed E-state index contributed by atoms with van der Waals surface area (Å²) in [5, 5.41) is 0. The van der Waals surface area contributed by atoms with Gasteiger partial charge in [-0.1, -0.05) is 25.5 Å². The van der Waals surface area contributed by atoms with Crippen LogP contribution in [0.4, 0.5) is 0 Å². The monoisotopic (exact) mass is 236 g/mol. The maximum Gasteiger partial charge on any atom is 0.0164 e. The number of hydrogen-bond acceptors (Lipinski definition) is 2. The molecule has 98 valence electrons. The lowest BCUT2D eigenvalue weighted by molar-refractivity contribution is 0.170. The Bertz CT molecular complexity index is 227. The standard InChI is InChI=1S/C15H28N2/c1-4-9-17(10-5-2)12-14-11-13(6-3)7-8-15(14)16/h4-5,13-15H,1-2,6-12,16H2,3H3. The molecule has 0 aromatic carbocycles.